The highest BCUT2D eigenvalue weighted by atomic mass is 32.1. The highest BCUT2D eigenvalue weighted by molar-refractivity contribution is 7.22. The van der Waals surface area contributed by atoms with Crippen molar-refractivity contribution in [3.05, 3.63) is 71.4 Å². The van der Waals surface area contributed by atoms with Crippen molar-refractivity contribution in [1.29, 1.82) is 0 Å². The molecule has 4 rings (SSSR count). The highest BCUT2D eigenvalue weighted by Gasteiger charge is 2.19. The Bertz CT molecular complexity index is 1070. The van der Waals surface area contributed by atoms with Gasteiger partial charge in [0.2, 0.25) is 0 Å². The fourth-order valence-electron chi connectivity index (χ4n) is 2.84. The van der Waals surface area contributed by atoms with Crippen LogP contribution in [0.25, 0.3) is 20.5 Å². The molecule has 130 valence electrons. The zero-order valence-corrected chi connectivity index (χ0v) is 15.3. The Balaban J connectivity index is 1.88. The molecule has 0 aliphatic rings. The maximum absolute atomic E-state index is 12.2. The first-order valence-electron chi connectivity index (χ1n) is 8.25. The summed E-state index contributed by atoms with van der Waals surface area (Å²) in [5, 5.41) is 12.1. The Kier molecular flexibility index (Phi) is 4.26. The van der Waals surface area contributed by atoms with Crippen LogP contribution < -0.4 is 5.32 Å². The third-order valence-corrected chi connectivity index (χ3v) is 5.45. The van der Waals surface area contributed by atoms with Gasteiger partial charge in [-0.3, -0.25) is 4.79 Å². The number of amides is 1. The van der Waals surface area contributed by atoms with Gasteiger partial charge in [-0.25, -0.2) is 0 Å². The molecule has 0 unspecified atom stereocenters. The molecule has 3 heterocycles. The zero-order valence-electron chi connectivity index (χ0n) is 14.4. The molecule has 0 aliphatic heterocycles. The van der Waals surface area contributed by atoms with Gasteiger partial charge in [-0.2, -0.15) is 5.10 Å². The molecule has 26 heavy (non-hydrogen) atoms. The van der Waals surface area contributed by atoms with E-state index in [2.05, 4.69) is 52.8 Å². The van der Waals surface area contributed by atoms with Gasteiger partial charge in [0.1, 0.15) is 0 Å². The van der Waals surface area contributed by atoms with Crippen molar-refractivity contribution in [3.8, 4) is 10.4 Å². The van der Waals surface area contributed by atoms with Gasteiger partial charge in [0, 0.05) is 23.7 Å². The molecule has 0 bridgehead atoms. The smallest absolute Gasteiger partial charge is 0.273 e. The van der Waals surface area contributed by atoms with Crippen molar-refractivity contribution in [1.82, 2.24) is 15.5 Å². The lowest BCUT2D eigenvalue weighted by Crippen LogP contribution is -2.20. The molecule has 0 fully saturated rings. The predicted molar refractivity (Wildman–Crippen MR) is 102 cm³/mol. The molecule has 0 radical (unpaired) electrons. The van der Waals surface area contributed by atoms with Gasteiger partial charge < -0.3 is 9.73 Å². The van der Waals surface area contributed by atoms with Crippen LogP contribution in [0.15, 0.2) is 53.3 Å². The van der Waals surface area contributed by atoms with E-state index in [4.69, 9.17) is 4.42 Å². The lowest BCUT2D eigenvalue weighted by molar-refractivity contribution is 0.0959. The molecular weight excluding hydrogens is 346 g/mol. The minimum absolute atomic E-state index is 0.227. The van der Waals surface area contributed by atoms with E-state index in [1.165, 1.54) is 5.56 Å². The summed E-state index contributed by atoms with van der Waals surface area (Å²) < 4.78 is 6.01. The maximum Gasteiger partial charge on any atom is 0.273 e. The number of hydrogen-bond acceptors (Lipinski definition) is 5. The third kappa shape index (κ3) is 2.99. The quantitative estimate of drug-likeness (QED) is 0.590. The summed E-state index contributed by atoms with van der Waals surface area (Å²) in [6, 6.07) is 12.4. The topological polar surface area (TPSA) is 68.0 Å². The van der Waals surface area contributed by atoms with E-state index in [1.807, 2.05) is 6.07 Å². The second-order valence-electron chi connectivity index (χ2n) is 6.10. The van der Waals surface area contributed by atoms with E-state index in [0.717, 1.165) is 31.8 Å². The number of furan rings is 1. The Morgan fingerprint density at radius 2 is 2.00 bits per heavy atom. The fourth-order valence-corrected chi connectivity index (χ4v) is 4.00. The van der Waals surface area contributed by atoms with Gasteiger partial charge in [-0.1, -0.05) is 29.8 Å². The van der Waals surface area contributed by atoms with Crippen LogP contribution in [0.4, 0.5) is 0 Å². The monoisotopic (exact) mass is 363 g/mol. The van der Waals surface area contributed by atoms with E-state index >= 15 is 0 Å². The van der Waals surface area contributed by atoms with Crippen LogP contribution in [0.1, 0.15) is 27.3 Å². The van der Waals surface area contributed by atoms with E-state index < -0.39 is 0 Å². The van der Waals surface area contributed by atoms with Gasteiger partial charge in [-0.05, 0) is 30.2 Å². The lowest BCUT2D eigenvalue weighted by Gasteiger charge is -2.03. The van der Waals surface area contributed by atoms with Gasteiger partial charge in [0.15, 0.2) is 5.69 Å². The SMILES string of the molecule is CNC(=O)c1nnc(Cc2ccoc2)c2cc(-c3ccc(C)cc3)sc12. The second-order valence-corrected chi connectivity index (χ2v) is 7.15. The molecule has 0 saturated carbocycles. The number of benzene rings is 1. The van der Waals surface area contributed by atoms with E-state index in [1.54, 1.807) is 30.9 Å². The van der Waals surface area contributed by atoms with Crippen molar-refractivity contribution >= 4 is 27.3 Å². The van der Waals surface area contributed by atoms with E-state index in [0.29, 0.717) is 12.1 Å². The largest absolute Gasteiger partial charge is 0.472 e. The highest BCUT2D eigenvalue weighted by Crippen LogP contribution is 2.36. The molecule has 0 spiro atoms. The van der Waals surface area contributed by atoms with Crippen molar-refractivity contribution in [2.45, 2.75) is 13.3 Å². The number of rotatable bonds is 4. The number of thiophene rings is 1. The van der Waals surface area contributed by atoms with Crippen molar-refractivity contribution < 1.29 is 9.21 Å². The molecule has 5 nitrogen and oxygen atoms in total. The average molecular weight is 363 g/mol. The van der Waals surface area contributed by atoms with Crippen LogP contribution in [-0.4, -0.2) is 23.2 Å². The Morgan fingerprint density at radius 3 is 2.69 bits per heavy atom. The van der Waals surface area contributed by atoms with Gasteiger partial charge in [0.25, 0.3) is 5.91 Å². The molecule has 4 aromatic rings. The molecule has 0 aliphatic carbocycles. The van der Waals surface area contributed by atoms with Gasteiger partial charge >= 0.3 is 0 Å². The summed E-state index contributed by atoms with van der Waals surface area (Å²) in [6.07, 6.45) is 3.95. The fraction of sp³-hybridized carbons (Fsp3) is 0.150. The number of hydrogen-bond donors (Lipinski definition) is 1. The summed E-state index contributed by atoms with van der Waals surface area (Å²) in [5.41, 5.74) is 4.56. The molecule has 0 saturated heterocycles. The lowest BCUT2D eigenvalue weighted by atomic mass is 10.1. The summed E-state index contributed by atoms with van der Waals surface area (Å²) in [7, 11) is 1.60. The van der Waals surface area contributed by atoms with Crippen LogP contribution in [0.2, 0.25) is 0 Å². The van der Waals surface area contributed by atoms with Gasteiger partial charge in [-0.15, -0.1) is 16.4 Å². The van der Waals surface area contributed by atoms with Crippen LogP contribution in [-0.2, 0) is 6.42 Å². The molecule has 1 N–H and O–H groups in total. The molecule has 0 atom stereocenters. The maximum atomic E-state index is 12.2. The molecule has 6 heteroatoms. The van der Waals surface area contributed by atoms with E-state index in [-0.39, 0.29) is 5.91 Å². The summed E-state index contributed by atoms with van der Waals surface area (Å²) in [6.45, 7) is 2.06. The molecular formula is C20H17N3O2S. The standard InChI is InChI=1S/C20H17N3O2S/c1-12-3-5-14(6-4-12)17-10-15-16(9-13-7-8-25-11-13)22-23-18(19(15)26-17)20(24)21-2/h3-8,10-11H,9H2,1-2H3,(H,21,24). The van der Waals surface area contributed by atoms with Crippen LogP contribution in [0.3, 0.4) is 0 Å². The van der Waals surface area contributed by atoms with Crippen molar-refractivity contribution in [2.75, 3.05) is 7.05 Å². The third-order valence-electron chi connectivity index (χ3n) is 4.26. The Morgan fingerprint density at radius 1 is 1.19 bits per heavy atom. The first-order chi connectivity index (χ1) is 12.7. The second kappa shape index (κ2) is 6.72. The van der Waals surface area contributed by atoms with Crippen molar-refractivity contribution in [3.63, 3.8) is 0 Å². The number of aromatic nitrogens is 2. The molecule has 3 aromatic heterocycles. The van der Waals surface area contributed by atoms with Crippen LogP contribution >= 0.6 is 11.3 Å². The number of nitrogens with zero attached hydrogens (tertiary/aromatic N) is 2. The number of aryl methyl sites for hydroxylation is 1. The normalized spacial score (nSPS) is 11.0. The number of fused-ring (bicyclic) bond motifs is 1. The Labute approximate surface area is 154 Å². The first-order valence-corrected chi connectivity index (χ1v) is 9.06. The van der Waals surface area contributed by atoms with Crippen LogP contribution in [0, 0.1) is 6.92 Å². The Hall–Kier alpha value is -2.99. The number of carbonyl (C=O) groups is 1. The zero-order chi connectivity index (χ0) is 18.1. The number of nitrogens with one attached hydrogen (secondary N) is 1. The number of carbonyl (C=O) groups excluding carboxylic acids is 1. The molecule has 1 amide bonds. The minimum atomic E-state index is -0.227. The van der Waals surface area contributed by atoms with E-state index in [9.17, 15) is 4.79 Å². The predicted octanol–water partition coefficient (Wildman–Crippen LogP) is 4.21. The summed E-state index contributed by atoms with van der Waals surface area (Å²) >= 11 is 1.57. The summed E-state index contributed by atoms with van der Waals surface area (Å²) in [5.74, 6) is -0.227. The van der Waals surface area contributed by atoms with Crippen LogP contribution in [0.5, 0.6) is 0 Å². The average Bonchev–Trinajstić information content (AvgIpc) is 3.32. The van der Waals surface area contributed by atoms with Crippen molar-refractivity contribution in [2.24, 2.45) is 0 Å². The van der Waals surface area contributed by atoms with Gasteiger partial charge in [0.05, 0.1) is 22.9 Å². The molecule has 1 aromatic carbocycles. The first kappa shape index (κ1) is 16.5. The minimum Gasteiger partial charge on any atom is -0.472 e. The summed E-state index contributed by atoms with van der Waals surface area (Å²) in [4.78, 5) is 13.3.